The standard InChI is InChI=1S/C10H9BrClFO/c11-7-5-8(12)9(13)4-6(7)10(14)2-1-3-10/h4-5,14H,1-3H2. The van der Waals surface area contributed by atoms with Gasteiger partial charge in [-0.1, -0.05) is 27.5 Å². The maximum absolute atomic E-state index is 13.2. The van der Waals surface area contributed by atoms with Gasteiger partial charge < -0.3 is 5.11 Å². The van der Waals surface area contributed by atoms with Crippen LogP contribution in [-0.4, -0.2) is 5.11 Å². The van der Waals surface area contributed by atoms with Crippen molar-refractivity contribution in [2.24, 2.45) is 0 Å². The molecule has 76 valence electrons. The van der Waals surface area contributed by atoms with Crippen LogP contribution in [0.4, 0.5) is 4.39 Å². The third-order valence-corrected chi connectivity index (χ3v) is 3.64. The fraction of sp³-hybridized carbons (Fsp3) is 0.400. The van der Waals surface area contributed by atoms with Crippen molar-refractivity contribution in [1.29, 1.82) is 0 Å². The Balaban J connectivity index is 2.48. The van der Waals surface area contributed by atoms with Crippen LogP contribution >= 0.6 is 27.5 Å². The van der Waals surface area contributed by atoms with Crippen molar-refractivity contribution >= 4 is 27.5 Å². The first-order valence-corrected chi connectivity index (χ1v) is 5.57. The molecule has 0 aliphatic heterocycles. The predicted molar refractivity (Wildman–Crippen MR) is 56.9 cm³/mol. The Hall–Kier alpha value is -0.120. The average Bonchev–Trinajstić information content (AvgIpc) is 2.07. The molecular formula is C10H9BrClFO. The molecule has 0 amide bonds. The van der Waals surface area contributed by atoms with E-state index in [0.717, 1.165) is 6.42 Å². The second-order valence-corrected chi connectivity index (χ2v) is 4.89. The van der Waals surface area contributed by atoms with Gasteiger partial charge >= 0.3 is 0 Å². The molecule has 1 nitrogen and oxygen atoms in total. The summed E-state index contributed by atoms with van der Waals surface area (Å²) in [6.45, 7) is 0. The van der Waals surface area contributed by atoms with Gasteiger partial charge in [0.15, 0.2) is 0 Å². The van der Waals surface area contributed by atoms with Crippen LogP contribution in [0.25, 0.3) is 0 Å². The molecule has 4 heteroatoms. The molecule has 0 spiro atoms. The zero-order chi connectivity index (χ0) is 10.3. The summed E-state index contributed by atoms with van der Waals surface area (Å²) in [5.41, 5.74) is -0.254. The van der Waals surface area contributed by atoms with Crippen LogP contribution in [-0.2, 0) is 5.60 Å². The van der Waals surface area contributed by atoms with Crippen molar-refractivity contribution in [3.8, 4) is 0 Å². The molecule has 0 unspecified atom stereocenters. The average molecular weight is 280 g/mol. The first kappa shape index (κ1) is 10.4. The molecule has 14 heavy (non-hydrogen) atoms. The summed E-state index contributed by atoms with van der Waals surface area (Å²) in [5.74, 6) is -0.481. The first-order chi connectivity index (χ1) is 6.53. The van der Waals surface area contributed by atoms with E-state index >= 15 is 0 Å². The van der Waals surface area contributed by atoms with Crippen molar-refractivity contribution in [3.05, 3.63) is 33.0 Å². The number of benzene rings is 1. The van der Waals surface area contributed by atoms with Crippen LogP contribution < -0.4 is 0 Å². The van der Waals surface area contributed by atoms with Crippen molar-refractivity contribution < 1.29 is 9.50 Å². The van der Waals surface area contributed by atoms with Gasteiger partial charge in [0.1, 0.15) is 5.82 Å². The maximum atomic E-state index is 13.2. The molecule has 1 fully saturated rings. The zero-order valence-corrected chi connectivity index (χ0v) is 9.70. The molecule has 1 aliphatic carbocycles. The van der Waals surface area contributed by atoms with Gasteiger partial charge in [0.05, 0.1) is 10.6 Å². The van der Waals surface area contributed by atoms with Gasteiger partial charge in [-0.25, -0.2) is 4.39 Å². The Kier molecular flexibility index (Phi) is 2.58. The van der Waals surface area contributed by atoms with Crippen LogP contribution in [0, 0.1) is 5.82 Å². The lowest BCUT2D eigenvalue weighted by Crippen LogP contribution is -2.34. The summed E-state index contributed by atoms with van der Waals surface area (Å²) in [5, 5.41) is 10.1. The van der Waals surface area contributed by atoms with Crippen molar-refractivity contribution in [2.45, 2.75) is 24.9 Å². The molecule has 1 aromatic carbocycles. The summed E-state index contributed by atoms with van der Waals surface area (Å²) < 4.78 is 13.9. The highest BCUT2D eigenvalue weighted by Crippen LogP contribution is 2.44. The minimum absolute atomic E-state index is 0.0727. The Morgan fingerprint density at radius 1 is 1.43 bits per heavy atom. The number of halogens is 3. The van der Waals surface area contributed by atoms with E-state index in [1.807, 2.05) is 0 Å². The van der Waals surface area contributed by atoms with Crippen LogP contribution in [0.15, 0.2) is 16.6 Å². The van der Waals surface area contributed by atoms with Gasteiger partial charge in [0, 0.05) is 10.0 Å². The minimum Gasteiger partial charge on any atom is -0.385 e. The van der Waals surface area contributed by atoms with Gasteiger partial charge in [-0.05, 0) is 31.4 Å². The molecule has 0 radical (unpaired) electrons. The molecule has 1 aliphatic rings. The normalized spacial score (nSPS) is 19.1. The number of aliphatic hydroxyl groups is 1. The molecule has 1 aromatic rings. The predicted octanol–water partition coefficient (Wildman–Crippen LogP) is 3.61. The molecule has 0 heterocycles. The van der Waals surface area contributed by atoms with E-state index in [-0.39, 0.29) is 5.02 Å². The Labute approximate surface area is 95.0 Å². The van der Waals surface area contributed by atoms with E-state index in [2.05, 4.69) is 15.9 Å². The molecule has 2 rings (SSSR count). The number of hydrogen-bond acceptors (Lipinski definition) is 1. The lowest BCUT2D eigenvalue weighted by molar-refractivity contribution is -0.0396. The molecular weight excluding hydrogens is 270 g/mol. The Morgan fingerprint density at radius 3 is 2.57 bits per heavy atom. The number of hydrogen-bond donors (Lipinski definition) is 1. The van der Waals surface area contributed by atoms with Gasteiger partial charge in [-0.15, -0.1) is 0 Å². The minimum atomic E-state index is -0.857. The molecule has 0 saturated heterocycles. The highest BCUT2D eigenvalue weighted by atomic mass is 79.9. The van der Waals surface area contributed by atoms with E-state index in [4.69, 9.17) is 11.6 Å². The quantitative estimate of drug-likeness (QED) is 0.779. The Bertz CT molecular complexity index is 377. The fourth-order valence-corrected chi connectivity index (χ4v) is 2.67. The van der Waals surface area contributed by atoms with E-state index in [1.165, 1.54) is 12.1 Å². The van der Waals surface area contributed by atoms with Gasteiger partial charge in [-0.2, -0.15) is 0 Å². The van der Waals surface area contributed by atoms with Crippen LogP contribution in [0.2, 0.25) is 5.02 Å². The second kappa shape index (κ2) is 3.47. The molecule has 1 N–H and O–H groups in total. The second-order valence-electron chi connectivity index (χ2n) is 3.63. The van der Waals surface area contributed by atoms with Gasteiger partial charge in [-0.3, -0.25) is 0 Å². The fourth-order valence-electron chi connectivity index (χ4n) is 1.66. The van der Waals surface area contributed by atoms with E-state index in [0.29, 0.717) is 22.9 Å². The molecule has 0 bridgehead atoms. The lowest BCUT2D eigenvalue weighted by Gasteiger charge is -2.37. The highest BCUT2D eigenvalue weighted by Gasteiger charge is 2.38. The van der Waals surface area contributed by atoms with Crippen LogP contribution in [0.5, 0.6) is 0 Å². The molecule has 0 aromatic heterocycles. The van der Waals surface area contributed by atoms with Crippen molar-refractivity contribution in [2.75, 3.05) is 0 Å². The lowest BCUT2D eigenvalue weighted by atomic mass is 9.75. The van der Waals surface area contributed by atoms with E-state index in [9.17, 15) is 9.50 Å². The summed E-state index contributed by atoms with van der Waals surface area (Å²) in [6, 6.07) is 2.80. The Morgan fingerprint density at radius 2 is 2.07 bits per heavy atom. The molecule has 0 atom stereocenters. The van der Waals surface area contributed by atoms with Gasteiger partial charge in [0.25, 0.3) is 0 Å². The molecule has 1 saturated carbocycles. The van der Waals surface area contributed by atoms with Crippen molar-refractivity contribution in [1.82, 2.24) is 0 Å². The third-order valence-electron chi connectivity index (χ3n) is 2.69. The monoisotopic (exact) mass is 278 g/mol. The van der Waals surface area contributed by atoms with Crippen molar-refractivity contribution in [3.63, 3.8) is 0 Å². The third kappa shape index (κ3) is 1.58. The van der Waals surface area contributed by atoms with Crippen LogP contribution in [0.1, 0.15) is 24.8 Å². The van der Waals surface area contributed by atoms with Crippen LogP contribution in [0.3, 0.4) is 0 Å². The maximum Gasteiger partial charge on any atom is 0.142 e. The number of rotatable bonds is 1. The van der Waals surface area contributed by atoms with Gasteiger partial charge in [0.2, 0.25) is 0 Å². The SMILES string of the molecule is OC1(c2cc(F)c(Cl)cc2Br)CCC1. The summed E-state index contributed by atoms with van der Waals surface area (Å²) >= 11 is 8.89. The zero-order valence-electron chi connectivity index (χ0n) is 7.36. The first-order valence-electron chi connectivity index (χ1n) is 4.40. The smallest absolute Gasteiger partial charge is 0.142 e. The van der Waals surface area contributed by atoms with E-state index in [1.54, 1.807) is 0 Å². The van der Waals surface area contributed by atoms with E-state index < -0.39 is 11.4 Å². The summed E-state index contributed by atoms with van der Waals surface area (Å²) in [7, 11) is 0. The largest absolute Gasteiger partial charge is 0.385 e. The summed E-state index contributed by atoms with van der Waals surface area (Å²) in [4.78, 5) is 0. The topological polar surface area (TPSA) is 20.2 Å². The summed E-state index contributed by atoms with van der Waals surface area (Å²) in [6.07, 6.45) is 2.35. The highest BCUT2D eigenvalue weighted by molar-refractivity contribution is 9.10.